The van der Waals surface area contributed by atoms with E-state index in [0.717, 1.165) is 41.4 Å². The van der Waals surface area contributed by atoms with E-state index in [-0.39, 0.29) is 5.97 Å². The zero-order valence-corrected chi connectivity index (χ0v) is 16.7. The highest BCUT2D eigenvalue weighted by atomic mass is 16.5. The van der Waals surface area contributed by atoms with Gasteiger partial charge in [-0.1, -0.05) is 12.1 Å². The molecular formula is C21H25N5O3. The van der Waals surface area contributed by atoms with E-state index in [4.69, 9.17) is 9.47 Å². The number of H-pyrrole nitrogens is 1. The molecule has 0 bridgehead atoms. The normalized spacial score (nSPS) is 13.9. The first-order valence-electron chi connectivity index (χ1n) is 9.77. The minimum Gasteiger partial charge on any atom is -0.497 e. The lowest BCUT2D eigenvalue weighted by atomic mass is 10.0. The standard InChI is InChI=1S/C21H25N5O3/c1-3-29-21(27)20-17-13-25(14-19-22-9-10-23-19)11-8-18(17)26(24-20)12-15-4-6-16(28-2)7-5-15/h4-7,9-10H,3,8,11-14H2,1-2H3,(H,22,23). The predicted molar refractivity (Wildman–Crippen MR) is 107 cm³/mol. The molecule has 0 spiro atoms. The zero-order valence-electron chi connectivity index (χ0n) is 16.7. The van der Waals surface area contributed by atoms with Crippen molar-refractivity contribution in [2.75, 3.05) is 20.3 Å². The SMILES string of the molecule is CCOC(=O)c1nn(Cc2ccc(OC)cc2)c2c1CN(Cc1ncc[nH]1)CC2. The summed E-state index contributed by atoms with van der Waals surface area (Å²) in [4.78, 5) is 22.3. The number of carbonyl (C=O) groups excluding carboxylic acids is 1. The van der Waals surface area contributed by atoms with Crippen molar-refractivity contribution in [2.24, 2.45) is 0 Å². The highest BCUT2D eigenvalue weighted by Crippen LogP contribution is 2.25. The number of nitrogens with one attached hydrogen (secondary N) is 1. The third-order valence-corrected chi connectivity index (χ3v) is 5.10. The van der Waals surface area contributed by atoms with E-state index in [0.29, 0.717) is 31.9 Å². The maximum absolute atomic E-state index is 12.5. The summed E-state index contributed by atoms with van der Waals surface area (Å²) in [6.07, 6.45) is 4.39. The monoisotopic (exact) mass is 395 g/mol. The molecule has 3 heterocycles. The Balaban J connectivity index is 1.60. The van der Waals surface area contributed by atoms with Crippen LogP contribution in [0.25, 0.3) is 0 Å². The van der Waals surface area contributed by atoms with Crippen LogP contribution in [0.2, 0.25) is 0 Å². The van der Waals surface area contributed by atoms with E-state index in [1.165, 1.54) is 0 Å². The number of aromatic amines is 1. The second kappa shape index (κ2) is 8.48. The number of rotatable bonds is 7. The predicted octanol–water partition coefficient (Wildman–Crippen LogP) is 2.40. The van der Waals surface area contributed by atoms with Gasteiger partial charge in [-0.05, 0) is 24.6 Å². The molecule has 4 rings (SSSR count). The van der Waals surface area contributed by atoms with Crippen LogP contribution in [-0.2, 0) is 30.8 Å². The van der Waals surface area contributed by atoms with Crippen molar-refractivity contribution < 1.29 is 14.3 Å². The molecule has 0 unspecified atom stereocenters. The van der Waals surface area contributed by atoms with Gasteiger partial charge in [0.15, 0.2) is 5.69 Å². The fourth-order valence-electron chi connectivity index (χ4n) is 3.68. The Kier molecular flexibility index (Phi) is 5.62. The van der Waals surface area contributed by atoms with Crippen LogP contribution in [0, 0.1) is 0 Å². The molecule has 29 heavy (non-hydrogen) atoms. The summed E-state index contributed by atoms with van der Waals surface area (Å²) in [5.74, 6) is 1.37. The zero-order chi connectivity index (χ0) is 20.2. The summed E-state index contributed by atoms with van der Waals surface area (Å²) in [5.41, 5.74) is 3.57. The fourth-order valence-corrected chi connectivity index (χ4v) is 3.68. The van der Waals surface area contributed by atoms with Crippen molar-refractivity contribution in [1.82, 2.24) is 24.6 Å². The first kappa shape index (κ1) is 19.2. The number of esters is 1. The molecule has 1 aliphatic heterocycles. The summed E-state index contributed by atoms with van der Waals surface area (Å²) in [6.45, 7) is 4.97. The third-order valence-electron chi connectivity index (χ3n) is 5.10. The lowest BCUT2D eigenvalue weighted by Crippen LogP contribution is -2.31. The Morgan fingerprint density at radius 3 is 2.76 bits per heavy atom. The molecule has 152 valence electrons. The lowest BCUT2D eigenvalue weighted by molar-refractivity contribution is 0.0515. The highest BCUT2D eigenvalue weighted by molar-refractivity contribution is 5.89. The van der Waals surface area contributed by atoms with Crippen molar-refractivity contribution in [3.05, 3.63) is 65.0 Å². The van der Waals surface area contributed by atoms with Crippen molar-refractivity contribution in [3.8, 4) is 5.75 Å². The van der Waals surface area contributed by atoms with Gasteiger partial charge in [0.2, 0.25) is 0 Å². The summed E-state index contributed by atoms with van der Waals surface area (Å²) in [7, 11) is 1.65. The maximum atomic E-state index is 12.5. The Morgan fingerprint density at radius 1 is 1.24 bits per heavy atom. The first-order valence-corrected chi connectivity index (χ1v) is 9.77. The molecule has 8 heteroatoms. The number of benzene rings is 1. The van der Waals surface area contributed by atoms with Gasteiger partial charge in [0.05, 0.1) is 26.8 Å². The Hall–Kier alpha value is -3.13. The lowest BCUT2D eigenvalue weighted by Gasteiger charge is -2.26. The van der Waals surface area contributed by atoms with E-state index in [1.807, 2.05) is 42.1 Å². The van der Waals surface area contributed by atoms with E-state index in [2.05, 4.69) is 20.0 Å². The van der Waals surface area contributed by atoms with Crippen LogP contribution < -0.4 is 4.74 Å². The van der Waals surface area contributed by atoms with Gasteiger partial charge >= 0.3 is 5.97 Å². The van der Waals surface area contributed by atoms with E-state index >= 15 is 0 Å². The van der Waals surface area contributed by atoms with Crippen LogP contribution in [0.15, 0.2) is 36.7 Å². The largest absolute Gasteiger partial charge is 0.497 e. The van der Waals surface area contributed by atoms with E-state index in [9.17, 15) is 4.79 Å². The van der Waals surface area contributed by atoms with Gasteiger partial charge in [-0.3, -0.25) is 9.58 Å². The minimum absolute atomic E-state index is 0.328. The van der Waals surface area contributed by atoms with Gasteiger partial charge in [-0.15, -0.1) is 0 Å². The number of imidazole rings is 1. The molecule has 0 radical (unpaired) electrons. The molecule has 1 aromatic carbocycles. The fraction of sp³-hybridized carbons (Fsp3) is 0.381. The molecule has 3 aromatic rings. The second-order valence-corrected chi connectivity index (χ2v) is 7.00. The number of fused-ring (bicyclic) bond motifs is 1. The number of carbonyl (C=O) groups is 1. The molecule has 0 saturated heterocycles. The molecule has 0 fully saturated rings. The highest BCUT2D eigenvalue weighted by Gasteiger charge is 2.29. The smallest absolute Gasteiger partial charge is 0.359 e. The van der Waals surface area contributed by atoms with Gasteiger partial charge in [-0.25, -0.2) is 9.78 Å². The van der Waals surface area contributed by atoms with Crippen LogP contribution >= 0.6 is 0 Å². The minimum atomic E-state index is -0.364. The molecule has 1 aliphatic rings. The molecule has 0 atom stereocenters. The molecule has 8 nitrogen and oxygen atoms in total. The topological polar surface area (TPSA) is 85.3 Å². The molecule has 0 saturated carbocycles. The summed E-state index contributed by atoms with van der Waals surface area (Å²) < 4.78 is 12.4. The third kappa shape index (κ3) is 4.17. The summed E-state index contributed by atoms with van der Waals surface area (Å²) >= 11 is 0. The van der Waals surface area contributed by atoms with Crippen LogP contribution in [0.1, 0.15) is 40.1 Å². The summed E-state index contributed by atoms with van der Waals surface area (Å²) in [6, 6.07) is 7.90. The Labute approximate surface area is 169 Å². The average molecular weight is 395 g/mol. The summed E-state index contributed by atoms with van der Waals surface area (Å²) in [5, 5.41) is 4.64. The number of ether oxygens (including phenoxy) is 2. The molecule has 0 amide bonds. The molecule has 1 N–H and O–H groups in total. The quantitative estimate of drug-likeness (QED) is 0.619. The molecule has 2 aromatic heterocycles. The molecule has 0 aliphatic carbocycles. The van der Waals surface area contributed by atoms with E-state index in [1.54, 1.807) is 13.3 Å². The number of aromatic nitrogens is 4. The van der Waals surface area contributed by atoms with Crippen LogP contribution in [0.3, 0.4) is 0 Å². The number of nitrogens with zero attached hydrogens (tertiary/aromatic N) is 4. The number of hydrogen-bond acceptors (Lipinski definition) is 6. The Bertz CT molecular complexity index is 963. The average Bonchev–Trinajstić information content (AvgIpc) is 3.37. The van der Waals surface area contributed by atoms with Crippen molar-refractivity contribution in [3.63, 3.8) is 0 Å². The van der Waals surface area contributed by atoms with Gasteiger partial charge in [0.25, 0.3) is 0 Å². The van der Waals surface area contributed by atoms with Gasteiger partial charge in [0, 0.05) is 43.2 Å². The molecular weight excluding hydrogens is 370 g/mol. The van der Waals surface area contributed by atoms with Crippen LogP contribution in [-0.4, -0.2) is 50.9 Å². The van der Waals surface area contributed by atoms with Gasteiger partial charge in [0.1, 0.15) is 11.6 Å². The number of hydrogen-bond donors (Lipinski definition) is 1. The van der Waals surface area contributed by atoms with Crippen molar-refractivity contribution >= 4 is 5.97 Å². The van der Waals surface area contributed by atoms with Crippen molar-refractivity contribution in [1.29, 1.82) is 0 Å². The number of methoxy groups -OCH3 is 1. The first-order chi connectivity index (χ1) is 14.2. The van der Waals surface area contributed by atoms with Crippen molar-refractivity contribution in [2.45, 2.75) is 33.0 Å². The van der Waals surface area contributed by atoms with Gasteiger partial charge < -0.3 is 14.5 Å². The van der Waals surface area contributed by atoms with Gasteiger partial charge in [-0.2, -0.15) is 5.10 Å². The van der Waals surface area contributed by atoms with Crippen LogP contribution in [0.4, 0.5) is 0 Å². The van der Waals surface area contributed by atoms with E-state index < -0.39 is 0 Å². The van der Waals surface area contributed by atoms with Crippen LogP contribution in [0.5, 0.6) is 5.75 Å². The Morgan fingerprint density at radius 2 is 2.07 bits per heavy atom. The second-order valence-electron chi connectivity index (χ2n) is 7.00. The maximum Gasteiger partial charge on any atom is 0.359 e.